The molecule has 1 aliphatic carbocycles. The van der Waals surface area contributed by atoms with Gasteiger partial charge in [0.05, 0.1) is 11.2 Å². The number of benzene rings is 1. The van der Waals surface area contributed by atoms with E-state index in [4.69, 9.17) is 10.7 Å². The fourth-order valence-electron chi connectivity index (χ4n) is 3.07. The van der Waals surface area contributed by atoms with Crippen LogP contribution in [0.1, 0.15) is 44.9 Å². The Morgan fingerprint density at radius 3 is 2.88 bits per heavy atom. The number of anilines is 1. The molecule has 0 radical (unpaired) electrons. The number of fused-ring (bicyclic) bond motifs is 1. The highest BCUT2D eigenvalue weighted by molar-refractivity contribution is 5.86. The minimum Gasteiger partial charge on any atom is -0.397 e. The van der Waals surface area contributed by atoms with Gasteiger partial charge in [-0.3, -0.25) is 0 Å². The Hall–Kier alpha value is -1.51. The van der Waals surface area contributed by atoms with Gasteiger partial charge in [-0.05, 0) is 30.4 Å². The number of aromatic amines is 1. The molecule has 3 nitrogen and oxygen atoms in total. The molecular formula is C14H19N3. The first kappa shape index (κ1) is 10.6. The normalized spacial score (nSPS) is 23.3. The molecule has 1 fully saturated rings. The highest BCUT2D eigenvalue weighted by Crippen LogP contribution is 2.48. The zero-order valence-corrected chi connectivity index (χ0v) is 10.5. The lowest BCUT2D eigenvalue weighted by molar-refractivity contribution is 0.324. The highest BCUT2D eigenvalue weighted by atomic mass is 14.9. The molecule has 3 heteroatoms. The summed E-state index contributed by atoms with van der Waals surface area (Å²) in [5, 5.41) is 0. The zero-order chi connectivity index (χ0) is 12.0. The number of hydrogen-bond donors (Lipinski definition) is 2. The standard InChI is InChI=1S/C14H19N3/c1-14(2)8-4-5-9(14)13-16-11-7-3-6-10(15)12(11)17-13/h3,6-7,9H,4-5,8,15H2,1-2H3,(H,16,17). The molecule has 3 rings (SSSR count). The summed E-state index contributed by atoms with van der Waals surface area (Å²) in [6.07, 6.45) is 3.81. The molecule has 3 N–H and O–H groups in total. The van der Waals surface area contributed by atoms with Crippen LogP contribution in [0.2, 0.25) is 0 Å². The average Bonchev–Trinajstić information content (AvgIpc) is 2.81. The van der Waals surface area contributed by atoms with Gasteiger partial charge in [-0.1, -0.05) is 26.3 Å². The van der Waals surface area contributed by atoms with Crippen LogP contribution in [0.4, 0.5) is 5.69 Å². The van der Waals surface area contributed by atoms with Crippen LogP contribution in [-0.2, 0) is 0 Å². The Labute approximate surface area is 101 Å². The number of H-pyrrole nitrogens is 1. The van der Waals surface area contributed by atoms with Crippen molar-refractivity contribution < 1.29 is 0 Å². The maximum absolute atomic E-state index is 5.95. The van der Waals surface area contributed by atoms with Crippen molar-refractivity contribution in [1.82, 2.24) is 9.97 Å². The van der Waals surface area contributed by atoms with E-state index < -0.39 is 0 Å². The number of aromatic nitrogens is 2. The topological polar surface area (TPSA) is 54.7 Å². The van der Waals surface area contributed by atoms with E-state index in [-0.39, 0.29) is 0 Å². The van der Waals surface area contributed by atoms with E-state index in [0.717, 1.165) is 22.5 Å². The van der Waals surface area contributed by atoms with Crippen molar-refractivity contribution in [3.05, 3.63) is 24.0 Å². The van der Waals surface area contributed by atoms with Gasteiger partial charge in [0.15, 0.2) is 0 Å². The van der Waals surface area contributed by atoms with Crippen LogP contribution < -0.4 is 5.73 Å². The molecule has 1 saturated carbocycles. The van der Waals surface area contributed by atoms with Crippen LogP contribution in [0.15, 0.2) is 18.2 Å². The van der Waals surface area contributed by atoms with Gasteiger partial charge in [0.25, 0.3) is 0 Å². The lowest BCUT2D eigenvalue weighted by atomic mass is 9.81. The number of nitrogens with zero attached hydrogens (tertiary/aromatic N) is 1. The molecule has 1 aliphatic rings. The first-order chi connectivity index (χ1) is 8.08. The first-order valence-electron chi connectivity index (χ1n) is 6.32. The zero-order valence-electron chi connectivity index (χ0n) is 10.5. The highest BCUT2D eigenvalue weighted by Gasteiger charge is 2.37. The number of nitrogens with one attached hydrogen (secondary N) is 1. The molecule has 90 valence electrons. The van der Waals surface area contributed by atoms with E-state index in [9.17, 15) is 0 Å². The number of rotatable bonds is 1. The van der Waals surface area contributed by atoms with Crippen molar-refractivity contribution in [3.8, 4) is 0 Å². The lowest BCUT2D eigenvalue weighted by Gasteiger charge is -2.24. The van der Waals surface area contributed by atoms with Crippen molar-refractivity contribution >= 4 is 16.7 Å². The van der Waals surface area contributed by atoms with Gasteiger partial charge in [-0.25, -0.2) is 4.98 Å². The number of para-hydroxylation sites is 1. The van der Waals surface area contributed by atoms with Crippen molar-refractivity contribution in [3.63, 3.8) is 0 Å². The second-order valence-corrected chi connectivity index (χ2v) is 5.80. The van der Waals surface area contributed by atoms with Crippen LogP contribution in [0, 0.1) is 5.41 Å². The van der Waals surface area contributed by atoms with Gasteiger partial charge in [-0.2, -0.15) is 0 Å². The fraction of sp³-hybridized carbons (Fsp3) is 0.500. The summed E-state index contributed by atoms with van der Waals surface area (Å²) in [5.74, 6) is 1.65. The summed E-state index contributed by atoms with van der Waals surface area (Å²) < 4.78 is 0. The Bertz CT molecular complexity index is 554. The third kappa shape index (κ3) is 1.61. The molecule has 1 atom stereocenters. The summed E-state index contributed by atoms with van der Waals surface area (Å²) in [4.78, 5) is 8.15. The van der Waals surface area contributed by atoms with Crippen molar-refractivity contribution in [2.75, 3.05) is 5.73 Å². The Morgan fingerprint density at radius 1 is 1.41 bits per heavy atom. The molecule has 1 aromatic heterocycles. The molecule has 1 heterocycles. The largest absolute Gasteiger partial charge is 0.397 e. The minimum atomic E-state index is 0.350. The number of nitrogens with two attached hydrogens (primary N) is 1. The summed E-state index contributed by atoms with van der Waals surface area (Å²) in [6.45, 7) is 4.67. The molecule has 17 heavy (non-hydrogen) atoms. The lowest BCUT2D eigenvalue weighted by Crippen LogP contribution is -2.16. The molecule has 1 unspecified atom stereocenters. The van der Waals surface area contributed by atoms with Gasteiger partial charge < -0.3 is 10.7 Å². The van der Waals surface area contributed by atoms with E-state index in [2.05, 4.69) is 18.8 Å². The second-order valence-electron chi connectivity index (χ2n) is 5.80. The van der Waals surface area contributed by atoms with Crippen LogP contribution in [0.3, 0.4) is 0 Å². The van der Waals surface area contributed by atoms with Crippen molar-refractivity contribution in [2.45, 2.75) is 39.0 Å². The fourth-order valence-corrected chi connectivity index (χ4v) is 3.07. The average molecular weight is 229 g/mol. The monoisotopic (exact) mass is 229 g/mol. The van der Waals surface area contributed by atoms with Crippen LogP contribution in [0.25, 0.3) is 11.0 Å². The molecule has 1 aromatic carbocycles. The Kier molecular flexibility index (Phi) is 2.18. The molecule has 0 saturated heterocycles. The maximum Gasteiger partial charge on any atom is 0.111 e. The van der Waals surface area contributed by atoms with E-state index in [1.807, 2.05) is 18.2 Å². The molecule has 0 spiro atoms. The van der Waals surface area contributed by atoms with Gasteiger partial charge in [0.2, 0.25) is 0 Å². The van der Waals surface area contributed by atoms with Crippen LogP contribution >= 0.6 is 0 Å². The first-order valence-corrected chi connectivity index (χ1v) is 6.32. The van der Waals surface area contributed by atoms with Gasteiger partial charge in [0, 0.05) is 5.92 Å². The summed E-state index contributed by atoms with van der Waals surface area (Å²) in [7, 11) is 0. The van der Waals surface area contributed by atoms with Gasteiger partial charge in [-0.15, -0.1) is 0 Å². The summed E-state index contributed by atoms with van der Waals surface area (Å²) in [6, 6.07) is 5.93. The van der Waals surface area contributed by atoms with Gasteiger partial charge >= 0.3 is 0 Å². The predicted molar refractivity (Wildman–Crippen MR) is 70.9 cm³/mol. The Balaban J connectivity index is 2.10. The molecular weight excluding hydrogens is 210 g/mol. The van der Waals surface area contributed by atoms with E-state index in [0.29, 0.717) is 11.3 Å². The summed E-state index contributed by atoms with van der Waals surface area (Å²) in [5.41, 5.74) is 9.05. The third-order valence-corrected chi connectivity index (χ3v) is 4.15. The third-order valence-electron chi connectivity index (χ3n) is 4.15. The quantitative estimate of drug-likeness (QED) is 0.736. The smallest absolute Gasteiger partial charge is 0.111 e. The van der Waals surface area contributed by atoms with E-state index in [1.165, 1.54) is 19.3 Å². The molecule has 0 aliphatic heterocycles. The predicted octanol–water partition coefficient (Wildman–Crippen LogP) is 3.44. The second kappa shape index (κ2) is 3.49. The SMILES string of the molecule is CC1(C)CCCC1c1nc2c(N)cccc2[nH]1. The van der Waals surface area contributed by atoms with E-state index in [1.54, 1.807) is 0 Å². The van der Waals surface area contributed by atoms with Crippen molar-refractivity contribution in [1.29, 1.82) is 0 Å². The van der Waals surface area contributed by atoms with Crippen molar-refractivity contribution in [2.24, 2.45) is 5.41 Å². The Morgan fingerprint density at radius 2 is 2.24 bits per heavy atom. The molecule has 0 amide bonds. The maximum atomic E-state index is 5.95. The molecule has 2 aromatic rings. The number of hydrogen-bond acceptors (Lipinski definition) is 2. The van der Waals surface area contributed by atoms with Crippen LogP contribution in [0.5, 0.6) is 0 Å². The minimum absolute atomic E-state index is 0.350. The van der Waals surface area contributed by atoms with Gasteiger partial charge in [0.1, 0.15) is 11.3 Å². The van der Waals surface area contributed by atoms with Crippen LogP contribution in [-0.4, -0.2) is 9.97 Å². The summed E-state index contributed by atoms with van der Waals surface area (Å²) >= 11 is 0. The number of nitrogen functional groups attached to an aromatic ring is 1. The molecule has 0 bridgehead atoms. The number of imidazole rings is 1. The van der Waals surface area contributed by atoms with E-state index >= 15 is 0 Å².